The van der Waals surface area contributed by atoms with E-state index in [1.165, 1.54) is 0 Å². The van der Waals surface area contributed by atoms with Crippen molar-refractivity contribution in [1.29, 1.82) is 0 Å². The van der Waals surface area contributed by atoms with E-state index in [0.29, 0.717) is 5.92 Å². The van der Waals surface area contributed by atoms with Crippen molar-refractivity contribution in [2.24, 2.45) is 11.7 Å². The third-order valence-electron chi connectivity index (χ3n) is 1.51. The van der Waals surface area contributed by atoms with Crippen molar-refractivity contribution in [3.63, 3.8) is 0 Å². The third-order valence-corrected chi connectivity index (χ3v) is 1.51. The van der Waals surface area contributed by atoms with Gasteiger partial charge in [0.05, 0.1) is 0 Å². The molecule has 0 aromatic heterocycles. The highest BCUT2D eigenvalue weighted by Crippen LogP contribution is 1.98. The minimum atomic E-state index is 0.608. The largest absolute Gasteiger partial charge is 0.381 e. The van der Waals surface area contributed by atoms with E-state index in [9.17, 15) is 0 Å². The molecule has 0 amide bonds. The van der Waals surface area contributed by atoms with Gasteiger partial charge in [-0.2, -0.15) is 0 Å². The Balaban J connectivity index is 2.89. The van der Waals surface area contributed by atoms with E-state index in [1.807, 2.05) is 0 Å². The number of rotatable bonds is 6. The average molecular weight is 145 g/mol. The summed E-state index contributed by atoms with van der Waals surface area (Å²) in [5.74, 6) is 0.608. The summed E-state index contributed by atoms with van der Waals surface area (Å²) in [6, 6.07) is 0. The maximum atomic E-state index is 5.43. The maximum Gasteiger partial charge on any atom is 0.0469 e. The molecule has 2 N–H and O–H groups in total. The normalized spacial score (nSPS) is 13.5. The van der Waals surface area contributed by atoms with E-state index < -0.39 is 0 Å². The zero-order valence-electron chi connectivity index (χ0n) is 7.10. The molecule has 1 atom stereocenters. The molecule has 0 aromatic carbocycles. The van der Waals surface area contributed by atoms with Crippen molar-refractivity contribution in [2.45, 2.75) is 26.7 Å². The van der Waals surface area contributed by atoms with Gasteiger partial charge in [0.1, 0.15) is 0 Å². The van der Waals surface area contributed by atoms with E-state index in [2.05, 4.69) is 13.8 Å². The summed E-state index contributed by atoms with van der Waals surface area (Å²) < 4.78 is 5.30. The molecule has 0 radical (unpaired) electrons. The molecule has 0 aromatic rings. The molecule has 0 rings (SSSR count). The fourth-order valence-electron chi connectivity index (χ4n) is 0.649. The molecule has 0 heterocycles. The fraction of sp³-hybridized carbons (Fsp3) is 1.00. The second-order valence-corrected chi connectivity index (χ2v) is 2.74. The lowest BCUT2D eigenvalue weighted by Gasteiger charge is -2.07. The Morgan fingerprint density at radius 2 is 2.10 bits per heavy atom. The predicted molar refractivity (Wildman–Crippen MR) is 43.9 cm³/mol. The van der Waals surface area contributed by atoms with E-state index in [4.69, 9.17) is 10.5 Å². The van der Waals surface area contributed by atoms with Crippen LogP contribution in [0, 0.1) is 5.92 Å². The van der Waals surface area contributed by atoms with Gasteiger partial charge < -0.3 is 10.5 Å². The minimum Gasteiger partial charge on any atom is -0.381 e. The molecule has 1 unspecified atom stereocenters. The molecular formula is C8H19NO. The second-order valence-electron chi connectivity index (χ2n) is 2.74. The first-order valence-electron chi connectivity index (χ1n) is 4.09. The number of ether oxygens (including phenoxy) is 1. The van der Waals surface area contributed by atoms with Crippen LogP contribution >= 0.6 is 0 Å². The monoisotopic (exact) mass is 145 g/mol. The first-order valence-corrected chi connectivity index (χ1v) is 4.09. The molecule has 0 aliphatic carbocycles. The summed E-state index contributed by atoms with van der Waals surface area (Å²) in [5.41, 5.74) is 5.43. The lowest BCUT2D eigenvalue weighted by atomic mass is 10.1. The highest BCUT2D eigenvalue weighted by Gasteiger charge is 1.96. The maximum absolute atomic E-state index is 5.43. The van der Waals surface area contributed by atoms with Crippen LogP contribution in [-0.4, -0.2) is 19.8 Å². The quantitative estimate of drug-likeness (QED) is 0.573. The van der Waals surface area contributed by atoms with Gasteiger partial charge in [0.15, 0.2) is 0 Å². The molecule has 2 heteroatoms. The Kier molecular flexibility index (Phi) is 6.98. The molecule has 0 aliphatic heterocycles. The van der Waals surface area contributed by atoms with E-state index in [1.54, 1.807) is 0 Å². The zero-order chi connectivity index (χ0) is 7.82. The summed E-state index contributed by atoms with van der Waals surface area (Å²) in [6.45, 7) is 6.79. The van der Waals surface area contributed by atoms with E-state index >= 15 is 0 Å². The van der Waals surface area contributed by atoms with Crippen LogP contribution in [0.2, 0.25) is 0 Å². The number of nitrogens with two attached hydrogens (primary N) is 1. The van der Waals surface area contributed by atoms with Crippen LogP contribution in [0.3, 0.4) is 0 Å². The third kappa shape index (κ3) is 6.05. The molecule has 62 valence electrons. The van der Waals surface area contributed by atoms with Crippen molar-refractivity contribution in [3.8, 4) is 0 Å². The molecule has 2 nitrogen and oxygen atoms in total. The lowest BCUT2D eigenvalue weighted by Crippen LogP contribution is -2.13. The summed E-state index contributed by atoms with van der Waals surface area (Å²) >= 11 is 0. The number of hydrogen-bond donors (Lipinski definition) is 1. The molecule has 0 aliphatic rings. The van der Waals surface area contributed by atoms with Gasteiger partial charge >= 0.3 is 0 Å². The molecule has 0 saturated carbocycles. The average Bonchev–Trinajstić information content (AvgIpc) is 1.98. The van der Waals surface area contributed by atoms with Crippen molar-refractivity contribution < 1.29 is 4.74 Å². The molecule has 0 fully saturated rings. The van der Waals surface area contributed by atoms with Crippen LogP contribution in [0.5, 0.6) is 0 Å². The van der Waals surface area contributed by atoms with Gasteiger partial charge in [-0.1, -0.05) is 13.8 Å². The Morgan fingerprint density at radius 1 is 1.40 bits per heavy atom. The van der Waals surface area contributed by atoms with Crippen LogP contribution in [0.25, 0.3) is 0 Å². The molecule has 0 saturated heterocycles. The first-order chi connectivity index (χ1) is 4.81. The van der Waals surface area contributed by atoms with Gasteiger partial charge in [0, 0.05) is 13.2 Å². The van der Waals surface area contributed by atoms with Gasteiger partial charge in [-0.05, 0) is 25.3 Å². The van der Waals surface area contributed by atoms with Gasteiger partial charge in [-0.15, -0.1) is 0 Å². The van der Waals surface area contributed by atoms with Crippen LogP contribution in [-0.2, 0) is 4.74 Å². The summed E-state index contributed by atoms with van der Waals surface area (Å²) in [7, 11) is 0. The second kappa shape index (κ2) is 7.03. The Morgan fingerprint density at radius 3 is 2.60 bits per heavy atom. The van der Waals surface area contributed by atoms with Crippen LogP contribution in [0.1, 0.15) is 26.7 Å². The standard InChI is InChI=1S/C8H19NO/c1-3-5-10-6-4-8(2)7-9/h8H,3-7,9H2,1-2H3. The van der Waals surface area contributed by atoms with E-state index in [-0.39, 0.29) is 0 Å². The highest BCUT2D eigenvalue weighted by atomic mass is 16.5. The molecular weight excluding hydrogens is 126 g/mol. The van der Waals surface area contributed by atoms with Crippen LogP contribution in [0.4, 0.5) is 0 Å². The van der Waals surface area contributed by atoms with Crippen LogP contribution in [0.15, 0.2) is 0 Å². The van der Waals surface area contributed by atoms with E-state index in [0.717, 1.165) is 32.6 Å². The van der Waals surface area contributed by atoms with Crippen molar-refractivity contribution in [1.82, 2.24) is 0 Å². The van der Waals surface area contributed by atoms with Gasteiger partial charge in [0.2, 0.25) is 0 Å². The minimum absolute atomic E-state index is 0.608. The topological polar surface area (TPSA) is 35.2 Å². The molecule has 0 spiro atoms. The number of hydrogen-bond acceptors (Lipinski definition) is 2. The zero-order valence-corrected chi connectivity index (χ0v) is 7.10. The Bertz CT molecular complexity index is 66.3. The predicted octanol–water partition coefficient (Wildman–Crippen LogP) is 1.40. The fourth-order valence-corrected chi connectivity index (χ4v) is 0.649. The van der Waals surface area contributed by atoms with Crippen LogP contribution < -0.4 is 5.73 Å². The Labute approximate surface area is 63.7 Å². The first kappa shape index (κ1) is 9.92. The molecule has 10 heavy (non-hydrogen) atoms. The molecule has 0 bridgehead atoms. The summed E-state index contributed by atoms with van der Waals surface area (Å²) in [4.78, 5) is 0. The SMILES string of the molecule is CCCOCCC(C)CN. The van der Waals surface area contributed by atoms with Crippen molar-refractivity contribution in [3.05, 3.63) is 0 Å². The summed E-state index contributed by atoms with van der Waals surface area (Å²) in [5, 5.41) is 0. The Hall–Kier alpha value is -0.0800. The summed E-state index contributed by atoms with van der Waals surface area (Å²) in [6.07, 6.45) is 2.20. The van der Waals surface area contributed by atoms with Gasteiger partial charge in [0.25, 0.3) is 0 Å². The van der Waals surface area contributed by atoms with Gasteiger partial charge in [-0.3, -0.25) is 0 Å². The van der Waals surface area contributed by atoms with Gasteiger partial charge in [-0.25, -0.2) is 0 Å². The van der Waals surface area contributed by atoms with Crippen molar-refractivity contribution in [2.75, 3.05) is 19.8 Å². The lowest BCUT2D eigenvalue weighted by molar-refractivity contribution is 0.123. The highest BCUT2D eigenvalue weighted by molar-refractivity contribution is 4.50. The van der Waals surface area contributed by atoms with Crippen molar-refractivity contribution >= 4 is 0 Å². The smallest absolute Gasteiger partial charge is 0.0469 e.